The Hall–Kier alpha value is -1.14. The average Bonchev–Trinajstić information content (AvgIpc) is 3.01. The third kappa shape index (κ3) is 7.22. The van der Waals surface area contributed by atoms with E-state index in [1.807, 2.05) is 13.2 Å². The second kappa shape index (κ2) is 11.4. The molecule has 126 valence electrons. The van der Waals surface area contributed by atoms with Crippen molar-refractivity contribution < 1.29 is 0 Å². The fourth-order valence-corrected chi connectivity index (χ4v) is 3.05. The first-order valence-electron chi connectivity index (χ1n) is 8.33. The maximum atomic E-state index is 4.44. The van der Waals surface area contributed by atoms with Gasteiger partial charge in [0.15, 0.2) is 5.96 Å². The molecule has 0 fully saturated rings. The quantitative estimate of drug-likeness (QED) is 0.393. The Morgan fingerprint density at radius 1 is 1.23 bits per heavy atom. The highest BCUT2D eigenvalue weighted by Gasteiger charge is 2.02. The lowest BCUT2D eigenvalue weighted by molar-refractivity contribution is 0.300. The summed E-state index contributed by atoms with van der Waals surface area (Å²) in [5.74, 6) is 0.881. The Kier molecular flexibility index (Phi) is 9.82. The van der Waals surface area contributed by atoms with E-state index in [1.54, 1.807) is 11.3 Å². The fourth-order valence-electron chi connectivity index (χ4n) is 2.18. The Morgan fingerprint density at radius 3 is 2.55 bits per heavy atom. The van der Waals surface area contributed by atoms with Crippen LogP contribution in [-0.2, 0) is 12.8 Å². The molecule has 2 N–H and O–H groups in total. The van der Waals surface area contributed by atoms with E-state index in [0.29, 0.717) is 0 Å². The molecule has 1 aromatic heterocycles. The third-order valence-electron chi connectivity index (χ3n) is 3.64. The molecular weight excluding hydrogens is 294 g/mol. The lowest BCUT2D eigenvalue weighted by Gasteiger charge is -2.18. The van der Waals surface area contributed by atoms with Crippen molar-refractivity contribution in [3.8, 4) is 0 Å². The zero-order chi connectivity index (χ0) is 16.2. The van der Waals surface area contributed by atoms with E-state index in [9.17, 15) is 0 Å². The predicted molar refractivity (Wildman–Crippen MR) is 97.0 cm³/mol. The van der Waals surface area contributed by atoms with Gasteiger partial charge in [-0.3, -0.25) is 4.99 Å². The molecule has 0 aliphatic heterocycles. The largest absolute Gasteiger partial charge is 0.356 e. The Bertz CT molecular complexity index is 426. The number of nitrogens with one attached hydrogen (secondary N) is 2. The van der Waals surface area contributed by atoms with Gasteiger partial charge in [0.2, 0.25) is 0 Å². The van der Waals surface area contributed by atoms with Crippen LogP contribution in [0.1, 0.15) is 37.1 Å². The summed E-state index contributed by atoms with van der Waals surface area (Å²) in [5, 5.41) is 7.92. The van der Waals surface area contributed by atoms with E-state index in [4.69, 9.17) is 0 Å². The topological polar surface area (TPSA) is 52.6 Å². The third-order valence-corrected chi connectivity index (χ3v) is 4.84. The summed E-state index contributed by atoms with van der Waals surface area (Å²) in [5.41, 5.74) is 0. The van der Waals surface area contributed by atoms with Crippen LogP contribution >= 0.6 is 11.3 Å². The van der Waals surface area contributed by atoms with Gasteiger partial charge in [-0.25, -0.2) is 4.98 Å². The Labute approximate surface area is 139 Å². The van der Waals surface area contributed by atoms with Crippen LogP contribution in [0.2, 0.25) is 0 Å². The van der Waals surface area contributed by atoms with Gasteiger partial charge in [-0.15, -0.1) is 11.3 Å². The summed E-state index contributed by atoms with van der Waals surface area (Å²) in [6, 6.07) is 0. The molecule has 0 amide bonds. The molecule has 1 heterocycles. The van der Waals surface area contributed by atoms with Crippen LogP contribution in [0.4, 0.5) is 0 Å². The highest BCUT2D eigenvalue weighted by atomic mass is 32.1. The smallest absolute Gasteiger partial charge is 0.190 e. The van der Waals surface area contributed by atoms with Crippen molar-refractivity contribution >= 4 is 17.3 Å². The first-order valence-corrected chi connectivity index (χ1v) is 9.15. The maximum absolute atomic E-state index is 4.44. The van der Waals surface area contributed by atoms with Gasteiger partial charge in [-0.2, -0.15) is 0 Å². The number of thiazole rings is 1. The number of aromatic nitrogens is 1. The van der Waals surface area contributed by atoms with Crippen molar-refractivity contribution in [3.63, 3.8) is 0 Å². The molecule has 0 unspecified atom stereocenters. The van der Waals surface area contributed by atoms with Crippen LogP contribution in [0.25, 0.3) is 0 Å². The van der Waals surface area contributed by atoms with Crippen molar-refractivity contribution in [2.45, 2.75) is 40.0 Å². The standard InChI is InChI=1S/C16H31N5S/c1-5-14-13-20-15(22-14)9-11-19-16(17-4)18-10-8-12-21(6-2)7-3/h13H,5-12H2,1-4H3,(H2,17,18,19). The molecule has 0 saturated heterocycles. The highest BCUT2D eigenvalue weighted by molar-refractivity contribution is 7.11. The lowest BCUT2D eigenvalue weighted by atomic mass is 10.3. The lowest BCUT2D eigenvalue weighted by Crippen LogP contribution is -2.39. The van der Waals surface area contributed by atoms with E-state index in [2.05, 4.69) is 46.3 Å². The molecule has 1 rings (SSSR count). The molecule has 22 heavy (non-hydrogen) atoms. The number of rotatable bonds is 10. The summed E-state index contributed by atoms with van der Waals surface area (Å²) in [7, 11) is 1.82. The zero-order valence-electron chi connectivity index (χ0n) is 14.5. The summed E-state index contributed by atoms with van der Waals surface area (Å²) in [6.07, 6.45) is 5.14. The fraction of sp³-hybridized carbons (Fsp3) is 0.750. The number of aryl methyl sites for hydroxylation is 1. The van der Waals surface area contributed by atoms with Crippen LogP contribution in [0.3, 0.4) is 0 Å². The summed E-state index contributed by atoms with van der Waals surface area (Å²) >= 11 is 1.80. The molecule has 6 heteroatoms. The van der Waals surface area contributed by atoms with Crippen LogP contribution in [0.5, 0.6) is 0 Å². The van der Waals surface area contributed by atoms with Crippen molar-refractivity contribution in [1.29, 1.82) is 0 Å². The van der Waals surface area contributed by atoms with Gasteiger partial charge in [0, 0.05) is 37.6 Å². The Balaban J connectivity index is 2.17. The van der Waals surface area contributed by atoms with Gasteiger partial charge in [0.1, 0.15) is 0 Å². The highest BCUT2D eigenvalue weighted by Crippen LogP contribution is 2.13. The zero-order valence-corrected chi connectivity index (χ0v) is 15.3. The average molecular weight is 326 g/mol. The normalized spacial score (nSPS) is 12.0. The SMILES string of the molecule is CCc1cnc(CCNC(=NC)NCCCN(CC)CC)s1. The van der Waals surface area contributed by atoms with Crippen LogP contribution in [0.15, 0.2) is 11.2 Å². The van der Waals surface area contributed by atoms with Crippen molar-refractivity contribution in [2.24, 2.45) is 4.99 Å². The summed E-state index contributed by atoms with van der Waals surface area (Å²) < 4.78 is 0. The van der Waals surface area contributed by atoms with Gasteiger partial charge in [-0.1, -0.05) is 20.8 Å². The monoisotopic (exact) mass is 325 g/mol. The minimum Gasteiger partial charge on any atom is -0.356 e. The molecule has 0 atom stereocenters. The van der Waals surface area contributed by atoms with Gasteiger partial charge in [-0.05, 0) is 32.5 Å². The Morgan fingerprint density at radius 2 is 1.95 bits per heavy atom. The van der Waals surface area contributed by atoms with Gasteiger partial charge in [0.25, 0.3) is 0 Å². The van der Waals surface area contributed by atoms with Crippen LogP contribution in [0, 0.1) is 0 Å². The predicted octanol–water partition coefficient (Wildman–Crippen LogP) is 2.14. The minimum atomic E-state index is 0.867. The second-order valence-corrected chi connectivity index (χ2v) is 6.33. The molecule has 0 saturated carbocycles. The van der Waals surface area contributed by atoms with E-state index in [1.165, 1.54) is 9.88 Å². The molecule has 0 aliphatic carbocycles. The van der Waals surface area contributed by atoms with Gasteiger partial charge < -0.3 is 15.5 Å². The number of guanidine groups is 1. The molecule has 0 bridgehead atoms. The van der Waals surface area contributed by atoms with Gasteiger partial charge >= 0.3 is 0 Å². The number of nitrogens with zero attached hydrogens (tertiary/aromatic N) is 3. The van der Waals surface area contributed by atoms with E-state index >= 15 is 0 Å². The van der Waals surface area contributed by atoms with Crippen molar-refractivity contribution in [1.82, 2.24) is 20.5 Å². The number of aliphatic imine (C=N–C) groups is 1. The van der Waals surface area contributed by atoms with Crippen LogP contribution < -0.4 is 10.6 Å². The molecule has 0 aliphatic rings. The molecule has 0 radical (unpaired) electrons. The van der Waals surface area contributed by atoms with E-state index in [0.717, 1.165) is 57.9 Å². The first-order chi connectivity index (χ1) is 10.7. The molecule has 1 aromatic rings. The van der Waals surface area contributed by atoms with E-state index < -0.39 is 0 Å². The summed E-state index contributed by atoms with van der Waals surface area (Å²) in [4.78, 5) is 12.5. The first kappa shape index (κ1) is 18.9. The summed E-state index contributed by atoms with van der Waals surface area (Å²) in [6.45, 7) is 11.8. The number of hydrogen-bond acceptors (Lipinski definition) is 4. The van der Waals surface area contributed by atoms with Crippen LogP contribution in [-0.4, -0.2) is 55.6 Å². The van der Waals surface area contributed by atoms with Crippen molar-refractivity contribution in [3.05, 3.63) is 16.1 Å². The molecule has 5 nitrogen and oxygen atoms in total. The molecule has 0 spiro atoms. The van der Waals surface area contributed by atoms with E-state index in [-0.39, 0.29) is 0 Å². The van der Waals surface area contributed by atoms with Crippen molar-refractivity contribution in [2.75, 3.05) is 39.8 Å². The van der Waals surface area contributed by atoms with Gasteiger partial charge in [0.05, 0.1) is 5.01 Å². The minimum absolute atomic E-state index is 0.867. The number of hydrogen-bond donors (Lipinski definition) is 2. The molecular formula is C16H31N5S. The maximum Gasteiger partial charge on any atom is 0.190 e. The second-order valence-electron chi connectivity index (χ2n) is 5.13. The molecule has 0 aromatic carbocycles.